The van der Waals surface area contributed by atoms with Gasteiger partial charge in [0.1, 0.15) is 6.54 Å². The molecule has 2 aliphatic rings. The number of alkyl halides is 3. The number of anilines is 1. The van der Waals surface area contributed by atoms with E-state index in [1.807, 2.05) is 12.2 Å². The quantitative estimate of drug-likeness (QED) is 0.456. The van der Waals surface area contributed by atoms with E-state index in [2.05, 4.69) is 5.32 Å². The molecule has 29 heavy (non-hydrogen) atoms. The zero-order valence-electron chi connectivity index (χ0n) is 15.1. The molecule has 0 aromatic heterocycles. The summed E-state index contributed by atoms with van der Waals surface area (Å²) >= 11 is 0. The predicted molar refractivity (Wildman–Crippen MR) is 93.1 cm³/mol. The van der Waals surface area contributed by atoms with Gasteiger partial charge in [0.25, 0.3) is 5.91 Å². The van der Waals surface area contributed by atoms with Gasteiger partial charge in [0.05, 0.1) is 17.4 Å². The van der Waals surface area contributed by atoms with Crippen molar-refractivity contribution in [3.05, 3.63) is 42.0 Å². The van der Waals surface area contributed by atoms with E-state index < -0.39 is 60.4 Å². The van der Waals surface area contributed by atoms with Gasteiger partial charge in [-0.3, -0.25) is 24.1 Å². The van der Waals surface area contributed by atoms with Gasteiger partial charge in [0.15, 0.2) is 6.61 Å². The normalized spacial score (nSPS) is 21.1. The van der Waals surface area contributed by atoms with E-state index in [1.165, 1.54) is 0 Å². The Kier molecular flexibility index (Phi) is 5.71. The summed E-state index contributed by atoms with van der Waals surface area (Å²) in [5.74, 6) is -3.51. The minimum Gasteiger partial charge on any atom is -0.454 e. The number of halogens is 3. The lowest BCUT2D eigenvalue weighted by Crippen LogP contribution is -2.37. The van der Waals surface area contributed by atoms with Crippen LogP contribution >= 0.6 is 0 Å². The number of allylic oxidation sites excluding steroid dienone is 2. The molecule has 1 saturated heterocycles. The third-order valence-corrected chi connectivity index (χ3v) is 4.75. The van der Waals surface area contributed by atoms with Crippen LogP contribution in [0.25, 0.3) is 0 Å². The van der Waals surface area contributed by atoms with Crippen LogP contribution in [0.2, 0.25) is 0 Å². The number of amides is 3. The first kappa shape index (κ1) is 20.6. The summed E-state index contributed by atoms with van der Waals surface area (Å²) in [4.78, 5) is 49.1. The van der Waals surface area contributed by atoms with Crippen molar-refractivity contribution in [3.8, 4) is 0 Å². The molecule has 0 spiro atoms. The largest absolute Gasteiger partial charge is 0.454 e. The fraction of sp³-hybridized carbons (Fsp3) is 0.368. The Morgan fingerprint density at radius 3 is 2.10 bits per heavy atom. The van der Waals surface area contributed by atoms with Crippen molar-refractivity contribution in [1.29, 1.82) is 0 Å². The number of nitrogens with zero attached hydrogens (tertiary/aromatic N) is 1. The number of ether oxygens (including phenoxy) is 1. The maximum atomic E-state index is 12.5. The Hall–Kier alpha value is -3.17. The highest BCUT2D eigenvalue weighted by atomic mass is 19.4. The van der Waals surface area contributed by atoms with E-state index >= 15 is 0 Å². The van der Waals surface area contributed by atoms with Gasteiger partial charge in [-0.2, -0.15) is 13.2 Å². The topological polar surface area (TPSA) is 92.8 Å². The first-order valence-corrected chi connectivity index (χ1v) is 8.80. The number of hydrogen-bond acceptors (Lipinski definition) is 5. The highest BCUT2D eigenvalue weighted by molar-refractivity contribution is 6.07. The van der Waals surface area contributed by atoms with Crippen molar-refractivity contribution in [1.82, 2.24) is 4.90 Å². The summed E-state index contributed by atoms with van der Waals surface area (Å²) in [5.41, 5.74) is -0.766. The molecule has 154 valence electrons. The molecule has 1 aromatic rings. The molecular weight excluding hydrogens is 393 g/mol. The molecule has 10 heteroatoms. The third-order valence-electron chi connectivity index (χ3n) is 4.75. The Balaban J connectivity index is 1.47. The molecule has 0 radical (unpaired) electrons. The average Bonchev–Trinajstić information content (AvgIpc) is 2.91. The van der Waals surface area contributed by atoms with E-state index in [4.69, 9.17) is 4.74 Å². The number of nitrogens with one attached hydrogen (secondary N) is 1. The maximum absolute atomic E-state index is 12.5. The number of carbonyl (C=O) groups is 4. The molecular formula is C19H17F3N2O5. The molecule has 1 N–H and O–H groups in total. The number of rotatable bonds is 5. The van der Waals surface area contributed by atoms with Crippen LogP contribution in [0.4, 0.5) is 18.9 Å². The van der Waals surface area contributed by atoms with Crippen molar-refractivity contribution in [2.75, 3.05) is 18.5 Å². The van der Waals surface area contributed by atoms with Crippen LogP contribution in [0, 0.1) is 11.8 Å². The SMILES string of the molecule is O=C(COC(=O)CN1C(=O)C2CC=CCC2C1=O)Nc1ccc(C(F)(F)F)cc1. The van der Waals surface area contributed by atoms with Gasteiger partial charge < -0.3 is 10.1 Å². The zero-order chi connectivity index (χ0) is 21.2. The lowest BCUT2D eigenvalue weighted by atomic mass is 9.85. The maximum Gasteiger partial charge on any atom is 0.416 e. The molecule has 1 fully saturated rings. The van der Waals surface area contributed by atoms with Crippen molar-refractivity contribution in [2.45, 2.75) is 19.0 Å². The van der Waals surface area contributed by atoms with Crippen LogP contribution in [-0.2, 0) is 30.1 Å². The molecule has 1 heterocycles. The van der Waals surface area contributed by atoms with E-state index in [-0.39, 0.29) is 5.69 Å². The first-order chi connectivity index (χ1) is 13.7. The molecule has 1 aliphatic carbocycles. The smallest absolute Gasteiger partial charge is 0.416 e. The van der Waals surface area contributed by atoms with Crippen LogP contribution in [0.1, 0.15) is 18.4 Å². The third kappa shape index (κ3) is 4.64. The Morgan fingerprint density at radius 2 is 1.59 bits per heavy atom. The highest BCUT2D eigenvalue weighted by Gasteiger charge is 2.47. The predicted octanol–water partition coefficient (Wildman–Crippen LogP) is 2.14. The molecule has 1 aromatic carbocycles. The van der Waals surface area contributed by atoms with Crippen molar-refractivity contribution < 1.29 is 37.1 Å². The summed E-state index contributed by atoms with van der Waals surface area (Å²) in [6.45, 7) is -1.29. The second-order valence-electron chi connectivity index (χ2n) is 6.70. The number of carbonyl (C=O) groups excluding carboxylic acids is 4. The summed E-state index contributed by atoms with van der Waals surface area (Å²) in [5, 5.41) is 2.29. The minimum atomic E-state index is -4.49. The summed E-state index contributed by atoms with van der Waals surface area (Å²) in [6.07, 6.45) is 0.0300. The number of fused-ring (bicyclic) bond motifs is 1. The highest BCUT2D eigenvalue weighted by Crippen LogP contribution is 2.35. The second kappa shape index (κ2) is 8.06. The number of esters is 1. The number of imide groups is 1. The summed E-state index contributed by atoms with van der Waals surface area (Å²) in [7, 11) is 0. The zero-order valence-corrected chi connectivity index (χ0v) is 15.1. The molecule has 7 nitrogen and oxygen atoms in total. The van der Waals surface area contributed by atoms with Gasteiger partial charge in [-0.1, -0.05) is 12.2 Å². The van der Waals surface area contributed by atoms with Gasteiger partial charge >= 0.3 is 12.1 Å². The molecule has 3 amide bonds. The van der Waals surface area contributed by atoms with Crippen molar-refractivity contribution >= 4 is 29.4 Å². The van der Waals surface area contributed by atoms with Crippen LogP contribution < -0.4 is 5.32 Å². The van der Waals surface area contributed by atoms with E-state index in [0.29, 0.717) is 12.8 Å². The monoisotopic (exact) mass is 410 g/mol. The fourth-order valence-corrected chi connectivity index (χ4v) is 3.29. The van der Waals surface area contributed by atoms with Gasteiger partial charge in [-0.15, -0.1) is 0 Å². The molecule has 2 unspecified atom stereocenters. The van der Waals surface area contributed by atoms with Crippen LogP contribution in [0.3, 0.4) is 0 Å². The fourth-order valence-electron chi connectivity index (χ4n) is 3.29. The number of benzene rings is 1. The van der Waals surface area contributed by atoms with Crippen LogP contribution in [0.15, 0.2) is 36.4 Å². The van der Waals surface area contributed by atoms with Gasteiger partial charge in [0.2, 0.25) is 11.8 Å². The Morgan fingerprint density at radius 1 is 1.03 bits per heavy atom. The van der Waals surface area contributed by atoms with E-state index in [0.717, 1.165) is 29.2 Å². The lowest BCUT2D eigenvalue weighted by Gasteiger charge is -2.14. The van der Waals surface area contributed by atoms with E-state index in [9.17, 15) is 32.3 Å². The van der Waals surface area contributed by atoms with E-state index in [1.54, 1.807) is 0 Å². The Bertz CT molecular complexity index is 838. The second-order valence-corrected chi connectivity index (χ2v) is 6.70. The lowest BCUT2D eigenvalue weighted by molar-refractivity contribution is -0.154. The van der Waals surface area contributed by atoms with Gasteiger partial charge in [-0.25, -0.2) is 0 Å². The van der Waals surface area contributed by atoms with Crippen molar-refractivity contribution in [3.63, 3.8) is 0 Å². The van der Waals surface area contributed by atoms with Gasteiger partial charge in [0, 0.05) is 5.69 Å². The van der Waals surface area contributed by atoms with Crippen LogP contribution in [0.5, 0.6) is 0 Å². The Labute approximate surface area is 163 Å². The number of hydrogen-bond donors (Lipinski definition) is 1. The van der Waals surface area contributed by atoms with Crippen LogP contribution in [-0.4, -0.2) is 41.7 Å². The van der Waals surface area contributed by atoms with Crippen molar-refractivity contribution in [2.24, 2.45) is 11.8 Å². The molecule has 0 saturated carbocycles. The summed E-state index contributed by atoms with van der Waals surface area (Å²) in [6, 6.07) is 3.75. The standard InChI is InChI=1S/C19H17F3N2O5/c20-19(21,22)11-5-7-12(8-6-11)23-15(25)10-29-16(26)9-24-17(27)13-3-1-2-4-14(13)18(24)28/h1-2,5-8,13-14H,3-4,9-10H2,(H,23,25). The summed E-state index contributed by atoms with van der Waals surface area (Å²) < 4.78 is 42.3. The molecule has 3 rings (SSSR count). The molecule has 2 atom stereocenters. The molecule has 0 bridgehead atoms. The van der Waals surface area contributed by atoms with Gasteiger partial charge in [-0.05, 0) is 37.1 Å². The number of likely N-dealkylation sites (tertiary alicyclic amines) is 1. The average molecular weight is 410 g/mol. The first-order valence-electron chi connectivity index (χ1n) is 8.80. The molecule has 1 aliphatic heterocycles. The minimum absolute atomic E-state index is 0.0977.